The first-order chi connectivity index (χ1) is 6.43. The lowest BCUT2D eigenvalue weighted by atomic mass is 10.3. The number of benzene rings is 1. The van der Waals surface area contributed by atoms with Gasteiger partial charge in [-0.2, -0.15) is 0 Å². The summed E-state index contributed by atoms with van der Waals surface area (Å²) in [5, 5.41) is 0. The third-order valence-corrected chi connectivity index (χ3v) is 1.41. The molecule has 0 saturated heterocycles. The Morgan fingerprint density at radius 1 is 1.31 bits per heavy atom. The summed E-state index contributed by atoms with van der Waals surface area (Å²) in [6.07, 6.45) is 0. The summed E-state index contributed by atoms with van der Waals surface area (Å²) in [5.74, 6) is 0.694. The van der Waals surface area contributed by atoms with Crippen LogP contribution in [0.15, 0.2) is 24.3 Å². The van der Waals surface area contributed by atoms with Crippen LogP contribution in [0.4, 0.5) is 0 Å². The lowest BCUT2D eigenvalue weighted by molar-refractivity contribution is -0.00858. The number of ether oxygens (including phenoxy) is 3. The topological polar surface area (TPSA) is 27.7 Å². The zero-order chi connectivity index (χ0) is 9.36. The summed E-state index contributed by atoms with van der Waals surface area (Å²) >= 11 is 0. The number of hydrogen-bond acceptors (Lipinski definition) is 3. The lowest BCUT2D eigenvalue weighted by Gasteiger charge is -2.05. The molecule has 1 aromatic rings. The van der Waals surface area contributed by atoms with Gasteiger partial charge in [0.15, 0.2) is 6.79 Å². The lowest BCUT2D eigenvalue weighted by Crippen LogP contribution is -2.07. The van der Waals surface area contributed by atoms with Gasteiger partial charge in [-0.05, 0) is 6.07 Å². The van der Waals surface area contributed by atoms with Crippen molar-refractivity contribution in [3.05, 3.63) is 30.3 Å². The van der Waals surface area contributed by atoms with E-state index in [1.807, 2.05) is 18.2 Å². The minimum absolute atomic E-state index is 0.240. The Bertz CT molecular complexity index is 211. The fourth-order valence-corrected chi connectivity index (χ4v) is 0.773. The maximum Gasteiger partial charge on any atom is 0.189 e. The number of rotatable bonds is 6. The predicted molar refractivity (Wildman–Crippen MR) is 48.6 cm³/mol. The minimum Gasteiger partial charge on any atom is -0.467 e. The van der Waals surface area contributed by atoms with Crippen molar-refractivity contribution in [3.8, 4) is 5.75 Å². The molecule has 0 aliphatic heterocycles. The van der Waals surface area contributed by atoms with E-state index in [0.717, 1.165) is 0 Å². The Labute approximate surface area is 78.2 Å². The third kappa shape index (κ3) is 4.50. The molecular weight excluding hydrogens is 168 g/mol. The Hall–Kier alpha value is -1.06. The summed E-state index contributed by atoms with van der Waals surface area (Å²) in [5.41, 5.74) is 0. The zero-order valence-electron chi connectivity index (χ0n) is 7.66. The van der Waals surface area contributed by atoms with Crippen LogP contribution >= 0.6 is 0 Å². The highest BCUT2D eigenvalue weighted by molar-refractivity contribution is 5.18. The van der Waals surface area contributed by atoms with E-state index >= 15 is 0 Å². The first-order valence-electron chi connectivity index (χ1n) is 4.09. The molecule has 0 N–H and O–H groups in total. The van der Waals surface area contributed by atoms with Crippen molar-refractivity contribution in [2.45, 2.75) is 0 Å². The molecule has 0 saturated carbocycles. The summed E-state index contributed by atoms with van der Waals surface area (Å²) in [6, 6.07) is 10.3. The molecule has 0 amide bonds. The first-order valence-corrected chi connectivity index (χ1v) is 4.09. The van der Waals surface area contributed by atoms with Crippen LogP contribution in [-0.4, -0.2) is 27.1 Å². The van der Waals surface area contributed by atoms with Gasteiger partial charge in [0.05, 0.1) is 13.2 Å². The van der Waals surface area contributed by atoms with Crippen LogP contribution in [-0.2, 0) is 9.47 Å². The van der Waals surface area contributed by atoms with E-state index in [9.17, 15) is 0 Å². The maximum atomic E-state index is 5.22. The molecule has 0 aromatic heterocycles. The second-order valence-corrected chi connectivity index (χ2v) is 2.39. The van der Waals surface area contributed by atoms with Crippen molar-refractivity contribution >= 4 is 0 Å². The van der Waals surface area contributed by atoms with Crippen LogP contribution in [0, 0.1) is 6.07 Å². The summed E-state index contributed by atoms with van der Waals surface area (Å²) in [7, 11) is 1.63. The molecule has 3 heteroatoms. The van der Waals surface area contributed by atoms with E-state index in [1.54, 1.807) is 13.2 Å². The Morgan fingerprint density at radius 3 is 2.92 bits per heavy atom. The van der Waals surface area contributed by atoms with E-state index in [2.05, 4.69) is 6.07 Å². The number of methoxy groups -OCH3 is 1. The first kappa shape index (κ1) is 10.0. The minimum atomic E-state index is 0.240. The smallest absolute Gasteiger partial charge is 0.189 e. The molecule has 0 atom stereocenters. The number of hydrogen-bond donors (Lipinski definition) is 0. The molecule has 0 aliphatic rings. The van der Waals surface area contributed by atoms with E-state index in [0.29, 0.717) is 19.0 Å². The zero-order valence-corrected chi connectivity index (χ0v) is 7.66. The highest BCUT2D eigenvalue weighted by Gasteiger charge is 1.90. The highest BCUT2D eigenvalue weighted by atomic mass is 16.7. The quantitative estimate of drug-likeness (QED) is 0.491. The maximum absolute atomic E-state index is 5.22. The second kappa shape index (κ2) is 6.46. The standard InChI is InChI=1S/C10H13O3/c1-11-7-8-12-9-13-10-5-3-2-4-6-10/h2-5H,7-9H2,1H3. The van der Waals surface area contributed by atoms with Gasteiger partial charge in [0.1, 0.15) is 5.75 Å². The SMILES string of the molecule is COCCOCOc1[c]cccc1. The molecule has 0 spiro atoms. The average molecular weight is 181 g/mol. The van der Waals surface area contributed by atoms with Crippen molar-refractivity contribution in [3.63, 3.8) is 0 Å². The Balaban J connectivity index is 2.07. The largest absolute Gasteiger partial charge is 0.467 e. The van der Waals surface area contributed by atoms with Gasteiger partial charge in [-0.25, -0.2) is 0 Å². The van der Waals surface area contributed by atoms with Crippen LogP contribution in [0.2, 0.25) is 0 Å². The van der Waals surface area contributed by atoms with Crippen LogP contribution in [0.25, 0.3) is 0 Å². The molecule has 71 valence electrons. The predicted octanol–water partition coefficient (Wildman–Crippen LogP) is 1.49. The van der Waals surface area contributed by atoms with Gasteiger partial charge in [-0.3, -0.25) is 0 Å². The van der Waals surface area contributed by atoms with Crippen molar-refractivity contribution in [1.82, 2.24) is 0 Å². The van der Waals surface area contributed by atoms with E-state index < -0.39 is 0 Å². The summed E-state index contributed by atoms with van der Waals surface area (Å²) in [4.78, 5) is 0. The van der Waals surface area contributed by atoms with Crippen LogP contribution in [0.1, 0.15) is 0 Å². The third-order valence-electron chi connectivity index (χ3n) is 1.41. The Morgan fingerprint density at radius 2 is 2.23 bits per heavy atom. The van der Waals surface area contributed by atoms with Crippen molar-refractivity contribution in [2.24, 2.45) is 0 Å². The molecule has 0 fully saturated rings. The van der Waals surface area contributed by atoms with Gasteiger partial charge < -0.3 is 14.2 Å². The van der Waals surface area contributed by atoms with Crippen molar-refractivity contribution in [1.29, 1.82) is 0 Å². The highest BCUT2D eigenvalue weighted by Crippen LogP contribution is 2.06. The van der Waals surface area contributed by atoms with Crippen molar-refractivity contribution < 1.29 is 14.2 Å². The fraction of sp³-hybridized carbons (Fsp3) is 0.400. The number of para-hydroxylation sites is 1. The molecule has 0 bridgehead atoms. The molecule has 1 rings (SSSR count). The fourth-order valence-electron chi connectivity index (χ4n) is 0.773. The molecule has 1 radical (unpaired) electrons. The van der Waals surface area contributed by atoms with E-state index in [4.69, 9.17) is 14.2 Å². The molecule has 3 nitrogen and oxygen atoms in total. The van der Waals surface area contributed by atoms with Gasteiger partial charge in [-0.1, -0.05) is 18.2 Å². The van der Waals surface area contributed by atoms with Gasteiger partial charge in [0, 0.05) is 13.2 Å². The Kier molecular flexibility index (Phi) is 4.98. The second-order valence-electron chi connectivity index (χ2n) is 2.39. The van der Waals surface area contributed by atoms with Crippen LogP contribution < -0.4 is 4.74 Å². The average Bonchev–Trinajstić information content (AvgIpc) is 2.19. The molecule has 0 aliphatic carbocycles. The van der Waals surface area contributed by atoms with Gasteiger partial charge in [-0.15, -0.1) is 0 Å². The molecule has 0 heterocycles. The summed E-state index contributed by atoms with van der Waals surface area (Å²) in [6.45, 7) is 1.37. The normalized spacial score (nSPS) is 9.92. The van der Waals surface area contributed by atoms with Crippen LogP contribution in [0.3, 0.4) is 0 Å². The summed E-state index contributed by atoms with van der Waals surface area (Å²) < 4.78 is 15.1. The molecular formula is C10H13O3. The van der Waals surface area contributed by atoms with Crippen molar-refractivity contribution in [2.75, 3.05) is 27.1 Å². The van der Waals surface area contributed by atoms with Crippen LogP contribution in [0.5, 0.6) is 5.75 Å². The van der Waals surface area contributed by atoms with Gasteiger partial charge in [0.2, 0.25) is 0 Å². The van der Waals surface area contributed by atoms with Gasteiger partial charge in [0.25, 0.3) is 0 Å². The molecule has 0 unspecified atom stereocenters. The molecule has 1 aromatic carbocycles. The van der Waals surface area contributed by atoms with Gasteiger partial charge >= 0.3 is 0 Å². The van der Waals surface area contributed by atoms with E-state index in [1.165, 1.54) is 0 Å². The van der Waals surface area contributed by atoms with E-state index in [-0.39, 0.29) is 6.79 Å². The molecule has 13 heavy (non-hydrogen) atoms. The monoisotopic (exact) mass is 181 g/mol.